The minimum Gasteiger partial charge on any atom is -0.427 e. The Morgan fingerprint density at radius 1 is 0.821 bits per heavy atom. The van der Waals surface area contributed by atoms with Crippen molar-refractivity contribution in [1.82, 2.24) is 0 Å². The van der Waals surface area contributed by atoms with Gasteiger partial charge in [0.15, 0.2) is 0 Å². The van der Waals surface area contributed by atoms with E-state index in [0.717, 1.165) is 44.3 Å². The molecule has 0 amide bonds. The molecule has 0 spiro atoms. The Kier molecular flexibility index (Phi) is 12.0. The molecule has 1 heterocycles. The first-order valence-electron chi connectivity index (χ1n) is 16.9. The van der Waals surface area contributed by atoms with Crippen molar-refractivity contribution in [2.75, 3.05) is 0 Å². The standard InChI is InChI=1S/C35H56O4/c1-4-26(28-18-12-8-13-19-28)23-33(36)38-32-24-31(27(5-2)22-25-16-10-7-11-17-25)39-35(37)34(32)30(6-3)29-20-14-9-15-21-29/h24-30H,4-23H2,1-3H3/t26-,27?,30?/m1/s1. The summed E-state index contributed by atoms with van der Waals surface area (Å²) in [4.78, 5) is 27.3. The van der Waals surface area contributed by atoms with Gasteiger partial charge in [-0.15, -0.1) is 0 Å². The molecule has 3 aliphatic carbocycles. The fourth-order valence-corrected chi connectivity index (χ4v) is 8.37. The van der Waals surface area contributed by atoms with Crippen molar-refractivity contribution in [2.45, 2.75) is 161 Å². The van der Waals surface area contributed by atoms with E-state index >= 15 is 0 Å². The predicted molar refractivity (Wildman–Crippen MR) is 159 cm³/mol. The Balaban J connectivity index is 1.61. The number of hydrogen-bond donors (Lipinski definition) is 0. The first-order chi connectivity index (χ1) is 19.0. The molecule has 0 radical (unpaired) electrons. The highest BCUT2D eigenvalue weighted by atomic mass is 16.5. The number of carbonyl (C=O) groups is 1. The summed E-state index contributed by atoms with van der Waals surface area (Å²) in [5.41, 5.74) is 0.383. The number of rotatable bonds is 12. The second-order valence-corrected chi connectivity index (χ2v) is 13.2. The van der Waals surface area contributed by atoms with Gasteiger partial charge >= 0.3 is 11.6 Å². The molecule has 2 unspecified atom stereocenters. The third-order valence-corrected chi connectivity index (χ3v) is 10.7. The second-order valence-electron chi connectivity index (χ2n) is 13.2. The summed E-state index contributed by atoms with van der Waals surface area (Å²) in [5, 5.41) is 0. The van der Waals surface area contributed by atoms with Crippen molar-refractivity contribution < 1.29 is 13.9 Å². The van der Waals surface area contributed by atoms with Crippen LogP contribution in [0, 0.1) is 23.7 Å². The molecule has 0 aromatic carbocycles. The monoisotopic (exact) mass is 540 g/mol. The quantitative estimate of drug-likeness (QED) is 0.247. The number of esters is 1. The molecule has 4 nitrogen and oxygen atoms in total. The Morgan fingerprint density at radius 3 is 1.97 bits per heavy atom. The lowest BCUT2D eigenvalue weighted by molar-refractivity contribution is -0.136. The topological polar surface area (TPSA) is 56.5 Å². The van der Waals surface area contributed by atoms with Crippen LogP contribution in [0.2, 0.25) is 0 Å². The summed E-state index contributed by atoms with van der Waals surface area (Å²) in [6.45, 7) is 6.58. The molecular weight excluding hydrogens is 484 g/mol. The van der Waals surface area contributed by atoms with Gasteiger partial charge in [0, 0.05) is 18.4 Å². The molecule has 0 aliphatic heterocycles. The SMILES string of the molecule is CCC(CC1CCCCC1)c1cc(OC(=O)C[C@@H](CC)C2CCCCC2)c(C(CC)C2CCCCC2)c(=O)o1. The lowest BCUT2D eigenvalue weighted by atomic mass is 9.75. The van der Waals surface area contributed by atoms with Crippen LogP contribution in [-0.2, 0) is 4.79 Å². The van der Waals surface area contributed by atoms with Gasteiger partial charge < -0.3 is 9.15 Å². The van der Waals surface area contributed by atoms with Crippen molar-refractivity contribution in [2.24, 2.45) is 23.7 Å². The molecule has 1 aromatic heterocycles. The Bertz CT molecular complexity index is 930. The largest absolute Gasteiger partial charge is 0.427 e. The summed E-state index contributed by atoms with van der Waals surface area (Å²) in [6, 6.07) is 1.97. The first kappa shape index (κ1) is 30.4. The maximum absolute atomic E-state index is 13.8. The third kappa shape index (κ3) is 8.23. The summed E-state index contributed by atoms with van der Waals surface area (Å²) in [6.07, 6.45) is 23.2. The number of ether oxygens (including phenoxy) is 1. The van der Waals surface area contributed by atoms with Crippen molar-refractivity contribution in [3.05, 3.63) is 27.8 Å². The van der Waals surface area contributed by atoms with Crippen LogP contribution in [0.1, 0.15) is 172 Å². The van der Waals surface area contributed by atoms with E-state index in [-0.39, 0.29) is 23.4 Å². The van der Waals surface area contributed by atoms with E-state index in [9.17, 15) is 9.59 Å². The van der Waals surface area contributed by atoms with Gasteiger partial charge in [-0.1, -0.05) is 111 Å². The Hall–Kier alpha value is -1.58. The zero-order chi connectivity index (χ0) is 27.6. The van der Waals surface area contributed by atoms with Crippen molar-refractivity contribution in [1.29, 1.82) is 0 Å². The lowest BCUT2D eigenvalue weighted by Gasteiger charge is -2.31. The van der Waals surface area contributed by atoms with Gasteiger partial charge in [-0.25, -0.2) is 4.79 Å². The average molecular weight is 541 g/mol. The van der Waals surface area contributed by atoms with E-state index in [0.29, 0.717) is 41.4 Å². The Labute approximate surface area is 238 Å². The normalized spacial score (nSPS) is 22.3. The molecule has 0 bridgehead atoms. The molecule has 39 heavy (non-hydrogen) atoms. The molecule has 3 fully saturated rings. The zero-order valence-electron chi connectivity index (χ0n) is 25.3. The van der Waals surface area contributed by atoms with Crippen LogP contribution in [0.15, 0.2) is 15.3 Å². The minimum atomic E-state index is -0.255. The second kappa shape index (κ2) is 15.4. The summed E-state index contributed by atoms with van der Waals surface area (Å²) < 4.78 is 12.4. The molecule has 3 atom stereocenters. The molecule has 0 saturated heterocycles. The number of hydrogen-bond acceptors (Lipinski definition) is 4. The summed E-state index contributed by atoms with van der Waals surface area (Å²) in [5.74, 6) is 3.54. The Morgan fingerprint density at radius 2 is 1.41 bits per heavy atom. The van der Waals surface area contributed by atoms with Crippen LogP contribution in [0.25, 0.3) is 0 Å². The van der Waals surface area contributed by atoms with Crippen LogP contribution >= 0.6 is 0 Å². The molecule has 4 rings (SSSR count). The van der Waals surface area contributed by atoms with Crippen molar-refractivity contribution in [3.63, 3.8) is 0 Å². The van der Waals surface area contributed by atoms with E-state index in [4.69, 9.17) is 9.15 Å². The van der Waals surface area contributed by atoms with E-state index < -0.39 is 0 Å². The molecule has 1 aromatic rings. The molecule has 0 N–H and O–H groups in total. The maximum Gasteiger partial charge on any atom is 0.343 e. The lowest BCUT2D eigenvalue weighted by Crippen LogP contribution is -2.26. The summed E-state index contributed by atoms with van der Waals surface area (Å²) >= 11 is 0. The van der Waals surface area contributed by atoms with Gasteiger partial charge in [0.25, 0.3) is 0 Å². The molecule has 220 valence electrons. The van der Waals surface area contributed by atoms with Crippen LogP contribution < -0.4 is 10.4 Å². The highest BCUT2D eigenvalue weighted by Gasteiger charge is 2.33. The van der Waals surface area contributed by atoms with Gasteiger partial charge in [0.05, 0.1) is 5.56 Å². The van der Waals surface area contributed by atoms with Crippen LogP contribution in [-0.4, -0.2) is 5.97 Å². The van der Waals surface area contributed by atoms with E-state index in [1.807, 2.05) is 6.07 Å². The highest BCUT2D eigenvalue weighted by Crippen LogP contribution is 2.42. The average Bonchev–Trinajstić information content (AvgIpc) is 2.97. The van der Waals surface area contributed by atoms with Gasteiger partial charge in [-0.2, -0.15) is 0 Å². The smallest absolute Gasteiger partial charge is 0.343 e. The predicted octanol–water partition coefficient (Wildman–Crippen LogP) is 10.1. The fraction of sp³-hybridized carbons (Fsp3) is 0.829. The van der Waals surface area contributed by atoms with E-state index in [1.54, 1.807) is 0 Å². The zero-order valence-corrected chi connectivity index (χ0v) is 25.3. The van der Waals surface area contributed by atoms with Crippen molar-refractivity contribution in [3.8, 4) is 5.75 Å². The van der Waals surface area contributed by atoms with Gasteiger partial charge in [0.2, 0.25) is 0 Å². The van der Waals surface area contributed by atoms with Crippen LogP contribution in [0.5, 0.6) is 5.75 Å². The van der Waals surface area contributed by atoms with Gasteiger partial charge in [-0.05, 0) is 61.7 Å². The molecule has 4 heteroatoms. The van der Waals surface area contributed by atoms with Crippen LogP contribution in [0.4, 0.5) is 0 Å². The highest BCUT2D eigenvalue weighted by molar-refractivity contribution is 5.73. The minimum absolute atomic E-state index is 0.0946. The molecule has 3 aliphatic rings. The van der Waals surface area contributed by atoms with Crippen LogP contribution in [0.3, 0.4) is 0 Å². The summed E-state index contributed by atoms with van der Waals surface area (Å²) in [7, 11) is 0. The first-order valence-corrected chi connectivity index (χ1v) is 16.9. The molecule has 3 saturated carbocycles. The number of carbonyl (C=O) groups excluding carboxylic acids is 1. The van der Waals surface area contributed by atoms with Gasteiger partial charge in [-0.3, -0.25) is 4.79 Å². The fourth-order valence-electron chi connectivity index (χ4n) is 8.37. The maximum atomic E-state index is 13.8. The van der Waals surface area contributed by atoms with E-state index in [2.05, 4.69) is 20.8 Å². The van der Waals surface area contributed by atoms with Crippen molar-refractivity contribution >= 4 is 5.97 Å². The van der Waals surface area contributed by atoms with E-state index in [1.165, 1.54) is 83.5 Å². The van der Waals surface area contributed by atoms with Gasteiger partial charge in [0.1, 0.15) is 11.5 Å². The third-order valence-electron chi connectivity index (χ3n) is 10.7. The molecular formula is C35H56O4.